The van der Waals surface area contributed by atoms with Gasteiger partial charge in [0.15, 0.2) is 0 Å². The molecule has 1 aliphatic heterocycles. The molecule has 2 heterocycles. The third kappa shape index (κ3) is 3.15. The minimum atomic E-state index is -3.27. The zero-order valence-electron chi connectivity index (χ0n) is 7.97. The highest BCUT2D eigenvalue weighted by atomic mass is 35.5. The summed E-state index contributed by atoms with van der Waals surface area (Å²) in [5, 5.41) is 4.88. The van der Waals surface area contributed by atoms with Gasteiger partial charge in [-0.05, 0) is 24.4 Å². The Morgan fingerprint density at radius 1 is 1.53 bits per heavy atom. The molecule has 1 aliphatic rings. The van der Waals surface area contributed by atoms with Gasteiger partial charge in [-0.1, -0.05) is 6.07 Å². The van der Waals surface area contributed by atoms with Gasteiger partial charge >= 0.3 is 0 Å². The molecule has 0 amide bonds. The zero-order valence-corrected chi connectivity index (χ0v) is 10.4. The van der Waals surface area contributed by atoms with Crippen LogP contribution in [0.25, 0.3) is 0 Å². The Hall–Kier alpha value is -0.140. The lowest BCUT2D eigenvalue weighted by Gasteiger charge is -2.09. The number of nitrogens with one attached hydrogen (secondary N) is 2. The lowest BCUT2D eigenvalue weighted by molar-refractivity contribution is 0.562. The standard InChI is InChI=1S/C8H12N2O2S2.ClH/c11-14(12,8-2-1-5-13-8)10-7-3-4-9-6-7;/h1-2,5,7,9-10H,3-4,6H2;1H. The van der Waals surface area contributed by atoms with Gasteiger partial charge in [0.25, 0.3) is 0 Å². The van der Waals surface area contributed by atoms with Crippen molar-refractivity contribution in [1.29, 1.82) is 0 Å². The molecule has 0 spiro atoms. The molecule has 0 radical (unpaired) electrons. The highest BCUT2D eigenvalue weighted by Crippen LogP contribution is 2.16. The van der Waals surface area contributed by atoms with E-state index in [-0.39, 0.29) is 18.4 Å². The topological polar surface area (TPSA) is 58.2 Å². The van der Waals surface area contributed by atoms with E-state index in [1.165, 1.54) is 11.3 Å². The molecule has 1 aromatic heterocycles. The minimum Gasteiger partial charge on any atom is -0.315 e. The fourth-order valence-corrected chi connectivity index (χ4v) is 3.73. The van der Waals surface area contributed by atoms with Crippen molar-refractivity contribution in [2.45, 2.75) is 16.7 Å². The molecule has 0 aromatic carbocycles. The lowest BCUT2D eigenvalue weighted by atomic mass is 10.3. The summed E-state index contributed by atoms with van der Waals surface area (Å²) < 4.78 is 26.5. The molecule has 0 aliphatic carbocycles. The summed E-state index contributed by atoms with van der Waals surface area (Å²) in [6.45, 7) is 1.61. The van der Waals surface area contributed by atoms with Crippen LogP contribution in [0.4, 0.5) is 0 Å². The van der Waals surface area contributed by atoms with E-state index in [2.05, 4.69) is 10.0 Å². The summed E-state index contributed by atoms with van der Waals surface area (Å²) >= 11 is 1.24. The van der Waals surface area contributed by atoms with Gasteiger partial charge in [0.05, 0.1) is 0 Å². The molecule has 1 fully saturated rings. The number of halogens is 1. The van der Waals surface area contributed by atoms with E-state index in [4.69, 9.17) is 0 Å². The summed E-state index contributed by atoms with van der Waals surface area (Å²) in [7, 11) is -3.27. The smallest absolute Gasteiger partial charge is 0.250 e. The number of hydrogen-bond acceptors (Lipinski definition) is 4. The SMILES string of the molecule is Cl.O=S(=O)(NC1CCNC1)c1cccs1. The fraction of sp³-hybridized carbons (Fsp3) is 0.500. The predicted molar refractivity (Wildman–Crippen MR) is 63.2 cm³/mol. The van der Waals surface area contributed by atoms with E-state index in [1.807, 2.05) is 0 Å². The van der Waals surface area contributed by atoms with Crippen LogP contribution in [0.5, 0.6) is 0 Å². The average Bonchev–Trinajstić information content (AvgIpc) is 2.71. The summed E-state index contributed by atoms with van der Waals surface area (Å²) in [6, 6.07) is 3.41. The quantitative estimate of drug-likeness (QED) is 0.853. The van der Waals surface area contributed by atoms with Crippen LogP contribution in [0.3, 0.4) is 0 Å². The maximum Gasteiger partial charge on any atom is 0.250 e. The van der Waals surface area contributed by atoms with Crippen molar-refractivity contribution >= 4 is 33.8 Å². The Balaban J connectivity index is 0.00000112. The highest BCUT2D eigenvalue weighted by Gasteiger charge is 2.22. The molecule has 4 nitrogen and oxygen atoms in total. The maximum atomic E-state index is 11.7. The third-order valence-corrected chi connectivity index (χ3v) is 5.06. The van der Waals surface area contributed by atoms with Crippen molar-refractivity contribution < 1.29 is 8.42 Å². The Bertz CT molecular complexity index is 385. The van der Waals surface area contributed by atoms with E-state index in [9.17, 15) is 8.42 Å². The van der Waals surface area contributed by atoms with Crippen LogP contribution in [0.1, 0.15) is 6.42 Å². The summed E-state index contributed by atoms with van der Waals surface area (Å²) in [6.07, 6.45) is 0.866. The molecule has 0 saturated carbocycles. The van der Waals surface area contributed by atoms with Crippen LogP contribution in [0.15, 0.2) is 21.7 Å². The Labute approximate surface area is 99.5 Å². The molecule has 1 atom stereocenters. The molecule has 15 heavy (non-hydrogen) atoms. The first-order chi connectivity index (χ1) is 6.68. The summed E-state index contributed by atoms with van der Waals surface area (Å²) in [4.78, 5) is 0. The van der Waals surface area contributed by atoms with Crippen molar-refractivity contribution in [3.8, 4) is 0 Å². The van der Waals surface area contributed by atoms with Crippen molar-refractivity contribution in [3.63, 3.8) is 0 Å². The van der Waals surface area contributed by atoms with E-state index < -0.39 is 10.0 Å². The Kier molecular flexibility index (Phi) is 4.54. The van der Waals surface area contributed by atoms with Gasteiger partial charge < -0.3 is 5.32 Å². The van der Waals surface area contributed by atoms with Gasteiger partial charge in [-0.2, -0.15) is 0 Å². The molecule has 2 rings (SSSR count). The lowest BCUT2D eigenvalue weighted by Crippen LogP contribution is -2.35. The minimum absolute atomic E-state index is 0. The van der Waals surface area contributed by atoms with Crippen molar-refractivity contribution in [1.82, 2.24) is 10.0 Å². The number of sulfonamides is 1. The zero-order chi connectivity index (χ0) is 10.0. The van der Waals surface area contributed by atoms with Gasteiger partial charge in [0.2, 0.25) is 10.0 Å². The third-order valence-electron chi connectivity index (χ3n) is 2.14. The molecule has 1 saturated heterocycles. The molecule has 1 unspecified atom stereocenters. The monoisotopic (exact) mass is 268 g/mol. The molecule has 2 N–H and O–H groups in total. The summed E-state index contributed by atoms with van der Waals surface area (Å²) in [5.74, 6) is 0. The predicted octanol–water partition coefficient (Wildman–Crippen LogP) is 0.810. The molecular weight excluding hydrogens is 256 g/mol. The maximum absolute atomic E-state index is 11.7. The van der Waals surface area contributed by atoms with Crippen molar-refractivity contribution in [3.05, 3.63) is 17.5 Å². The molecular formula is C8H13ClN2O2S2. The fourth-order valence-electron chi connectivity index (χ4n) is 1.45. The van der Waals surface area contributed by atoms with Crippen LogP contribution in [-0.2, 0) is 10.0 Å². The molecule has 0 bridgehead atoms. The van der Waals surface area contributed by atoms with Crippen LogP contribution < -0.4 is 10.0 Å². The molecule has 1 aromatic rings. The first-order valence-electron chi connectivity index (χ1n) is 4.45. The molecule has 7 heteroatoms. The van der Waals surface area contributed by atoms with Gasteiger partial charge in [-0.15, -0.1) is 23.7 Å². The Morgan fingerprint density at radius 3 is 2.87 bits per heavy atom. The highest BCUT2D eigenvalue weighted by molar-refractivity contribution is 7.91. The largest absolute Gasteiger partial charge is 0.315 e. The first kappa shape index (κ1) is 12.9. The second kappa shape index (κ2) is 5.27. The van der Waals surface area contributed by atoms with E-state index in [1.54, 1.807) is 17.5 Å². The van der Waals surface area contributed by atoms with Crippen LogP contribution in [0.2, 0.25) is 0 Å². The van der Waals surface area contributed by atoms with E-state index >= 15 is 0 Å². The average molecular weight is 269 g/mol. The first-order valence-corrected chi connectivity index (χ1v) is 6.81. The normalized spacial score (nSPS) is 21.2. The van der Waals surface area contributed by atoms with Crippen LogP contribution in [-0.4, -0.2) is 27.5 Å². The number of hydrogen-bond donors (Lipinski definition) is 2. The summed E-state index contributed by atoms with van der Waals surface area (Å²) in [5.41, 5.74) is 0. The van der Waals surface area contributed by atoms with E-state index in [0.717, 1.165) is 19.5 Å². The second-order valence-corrected chi connectivity index (χ2v) is 6.13. The van der Waals surface area contributed by atoms with Gasteiger partial charge in [-0.25, -0.2) is 13.1 Å². The second-order valence-electron chi connectivity index (χ2n) is 3.24. The number of rotatable bonds is 3. The van der Waals surface area contributed by atoms with Crippen LogP contribution in [0, 0.1) is 0 Å². The number of thiophene rings is 1. The van der Waals surface area contributed by atoms with Crippen LogP contribution >= 0.6 is 23.7 Å². The molecule has 86 valence electrons. The van der Waals surface area contributed by atoms with Crippen molar-refractivity contribution in [2.75, 3.05) is 13.1 Å². The van der Waals surface area contributed by atoms with Gasteiger partial charge in [0.1, 0.15) is 4.21 Å². The van der Waals surface area contributed by atoms with Crippen molar-refractivity contribution in [2.24, 2.45) is 0 Å². The van der Waals surface area contributed by atoms with Gasteiger partial charge in [-0.3, -0.25) is 0 Å². The Morgan fingerprint density at radius 2 is 2.33 bits per heavy atom. The van der Waals surface area contributed by atoms with E-state index in [0.29, 0.717) is 4.21 Å². The van der Waals surface area contributed by atoms with Gasteiger partial charge in [0, 0.05) is 12.6 Å².